The van der Waals surface area contributed by atoms with Gasteiger partial charge < -0.3 is 47.7 Å². The molecule has 0 amide bonds. The van der Waals surface area contributed by atoms with Gasteiger partial charge in [-0.15, -0.1) is 0 Å². The van der Waals surface area contributed by atoms with E-state index in [2.05, 4.69) is 0 Å². The SMILES string of the molecule is CC(C)(C)OC(=O)CCOCCOCCOCCOCCOCCOCCOCCOCC(=O)O. The van der Waals surface area contributed by atoms with Crippen LogP contribution in [-0.2, 0) is 52.2 Å². The highest BCUT2D eigenvalue weighted by Crippen LogP contribution is 2.08. The van der Waals surface area contributed by atoms with Crippen molar-refractivity contribution in [1.82, 2.24) is 0 Å². The normalized spacial score (nSPS) is 11.6. The van der Waals surface area contributed by atoms with Gasteiger partial charge in [-0.1, -0.05) is 0 Å². The maximum absolute atomic E-state index is 11.5. The van der Waals surface area contributed by atoms with Gasteiger partial charge in [-0.3, -0.25) is 4.79 Å². The first-order valence-corrected chi connectivity index (χ1v) is 11.9. The first-order valence-electron chi connectivity index (χ1n) is 11.9. The minimum absolute atomic E-state index is 0.227. The Hall–Kier alpha value is -1.38. The lowest BCUT2D eigenvalue weighted by atomic mass is 10.2. The summed E-state index contributed by atoms with van der Waals surface area (Å²) in [4.78, 5) is 21.7. The molecular weight excluding hydrogens is 468 g/mol. The van der Waals surface area contributed by atoms with Gasteiger partial charge in [0, 0.05) is 0 Å². The molecule has 0 unspecified atom stereocenters. The Balaban J connectivity index is 3.11. The summed E-state index contributed by atoms with van der Waals surface area (Å²) in [6.45, 7) is 11.5. The van der Waals surface area contributed by atoms with Crippen LogP contribution >= 0.6 is 0 Å². The van der Waals surface area contributed by atoms with Crippen LogP contribution < -0.4 is 0 Å². The van der Waals surface area contributed by atoms with Crippen LogP contribution in [0.15, 0.2) is 0 Å². The molecule has 0 heterocycles. The van der Waals surface area contributed by atoms with Crippen molar-refractivity contribution >= 4 is 11.9 Å². The summed E-state index contributed by atoms with van der Waals surface area (Å²) in [5.74, 6) is -1.27. The lowest BCUT2D eigenvalue weighted by Gasteiger charge is -2.19. The minimum Gasteiger partial charge on any atom is -0.480 e. The molecule has 0 atom stereocenters. The molecule has 0 saturated heterocycles. The third-order valence-electron chi connectivity index (χ3n) is 3.70. The number of carbonyl (C=O) groups is 2. The molecule has 0 aliphatic heterocycles. The van der Waals surface area contributed by atoms with Gasteiger partial charge in [0.15, 0.2) is 0 Å². The summed E-state index contributed by atoms with van der Waals surface area (Å²) >= 11 is 0. The summed E-state index contributed by atoms with van der Waals surface area (Å²) in [5.41, 5.74) is -0.475. The number of esters is 1. The van der Waals surface area contributed by atoms with E-state index in [9.17, 15) is 9.59 Å². The molecule has 208 valence electrons. The van der Waals surface area contributed by atoms with Crippen LogP contribution in [0.2, 0.25) is 0 Å². The van der Waals surface area contributed by atoms with Gasteiger partial charge in [-0.2, -0.15) is 0 Å². The highest BCUT2D eigenvalue weighted by molar-refractivity contribution is 5.69. The molecule has 0 bridgehead atoms. The predicted molar refractivity (Wildman–Crippen MR) is 125 cm³/mol. The monoisotopic (exact) mass is 512 g/mol. The molecule has 0 aromatic heterocycles. The molecule has 0 aromatic rings. The molecule has 35 heavy (non-hydrogen) atoms. The van der Waals surface area contributed by atoms with E-state index in [4.69, 9.17) is 47.7 Å². The lowest BCUT2D eigenvalue weighted by molar-refractivity contribution is -0.156. The summed E-state index contributed by atoms with van der Waals surface area (Å²) in [5, 5.41) is 8.39. The minimum atomic E-state index is -0.998. The van der Waals surface area contributed by atoms with Crippen LogP contribution in [0.5, 0.6) is 0 Å². The van der Waals surface area contributed by atoms with Crippen LogP contribution in [0, 0.1) is 0 Å². The number of carboxylic acid groups (broad SMARTS) is 1. The third kappa shape index (κ3) is 30.6. The molecule has 0 fully saturated rings. The summed E-state index contributed by atoms with van der Waals surface area (Å²) in [6.07, 6.45) is 0.227. The summed E-state index contributed by atoms with van der Waals surface area (Å²) < 4.78 is 47.5. The van der Waals surface area contributed by atoms with E-state index in [-0.39, 0.29) is 25.6 Å². The number of hydrogen-bond acceptors (Lipinski definition) is 11. The molecule has 0 radical (unpaired) electrons. The van der Waals surface area contributed by atoms with Gasteiger partial charge in [-0.05, 0) is 20.8 Å². The largest absolute Gasteiger partial charge is 0.480 e. The standard InChI is InChI=1S/C23H44O12/c1-23(2,3)35-22(26)4-5-27-6-7-28-8-9-29-10-11-30-12-13-31-14-15-32-16-17-33-18-19-34-20-21(24)25/h4-20H2,1-3H3,(H,24,25). The average Bonchev–Trinajstić information content (AvgIpc) is 2.77. The van der Waals surface area contributed by atoms with Crippen LogP contribution in [0.25, 0.3) is 0 Å². The molecule has 0 spiro atoms. The zero-order chi connectivity index (χ0) is 26.0. The lowest BCUT2D eigenvalue weighted by Crippen LogP contribution is -2.24. The van der Waals surface area contributed by atoms with E-state index < -0.39 is 11.6 Å². The van der Waals surface area contributed by atoms with Gasteiger partial charge in [0.25, 0.3) is 0 Å². The second kappa shape index (κ2) is 24.3. The van der Waals surface area contributed by atoms with E-state index in [1.165, 1.54) is 0 Å². The van der Waals surface area contributed by atoms with Crippen molar-refractivity contribution in [2.45, 2.75) is 32.8 Å². The molecule has 12 nitrogen and oxygen atoms in total. The Morgan fingerprint density at radius 1 is 0.514 bits per heavy atom. The van der Waals surface area contributed by atoms with Crippen LogP contribution in [0.1, 0.15) is 27.2 Å². The summed E-state index contributed by atoms with van der Waals surface area (Å²) in [7, 11) is 0. The number of hydrogen-bond donors (Lipinski definition) is 1. The van der Waals surface area contributed by atoms with Gasteiger partial charge in [0.1, 0.15) is 12.2 Å². The highest BCUT2D eigenvalue weighted by atomic mass is 16.6. The van der Waals surface area contributed by atoms with Crippen molar-refractivity contribution in [3.63, 3.8) is 0 Å². The smallest absolute Gasteiger partial charge is 0.329 e. The Labute approximate surface area is 208 Å². The summed E-state index contributed by atoms with van der Waals surface area (Å²) in [6, 6.07) is 0. The van der Waals surface area contributed by atoms with Crippen LogP contribution in [0.4, 0.5) is 0 Å². The Morgan fingerprint density at radius 3 is 1.09 bits per heavy atom. The zero-order valence-electron chi connectivity index (χ0n) is 21.5. The number of aliphatic carboxylic acids is 1. The Morgan fingerprint density at radius 2 is 0.800 bits per heavy atom. The number of carbonyl (C=O) groups excluding carboxylic acids is 1. The van der Waals surface area contributed by atoms with E-state index in [0.717, 1.165) is 0 Å². The van der Waals surface area contributed by atoms with E-state index in [0.29, 0.717) is 92.5 Å². The Kier molecular flexibility index (Phi) is 23.4. The highest BCUT2D eigenvalue weighted by Gasteiger charge is 2.15. The first kappa shape index (κ1) is 33.6. The van der Waals surface area contributed by atoms with Crippen LogP contribution in [-0.4, -0.2) is 128 Å². The fourth-order valence-electron chi connectivity index (χ4n) is 2.25. The van der Waals surface area contributed by atoms with Crippen molar-refractivity contribution in [2.75, 3.05) is 106 Å². The number of rotatable bonds is 26. The second-order valence-corrected chi connectivity index (χ2v) is 8.07. The van der Waals surface area contributed by atoms with Crippen molar-refractivity contribution in [3.8, 4) is 0 Å². The fraction of sp³-hybridized carbons (Fsp3) is 0.913. The van der Waals surface area contributed by atoms with Gasteiger partial charge in [0.2, 0.25) is 0 Å². The molecule has 0 aliphatic carbocycles. The molecule has 12 heteroatoms. The van der Waals surface area contributed by atoms with Crippen molar-refractivity contribution in [3.05, 3.63) is 0 Å². The predicted octanol–water partition coefficient (Wildman–Crippen LogP) is 0.936. The quantitative estimate of drug-likeness (QED) is 0.130. The molecule has 0 saturated carbocycles. The average molecular weight is 513 g/mol. The molecule has 0 aromatic carbocycles. The van der Waals surface area contributed by atoms with Crippen LogP contribution in [0.3, 0.4) is 0 Å². The van der Waals surface area contributed by atoms with Gasteiger partial charge in [0.05, 0.1) is 106 Å². The number of carboxylic acids is 1. The van der Waals surface area contributed by atoms with Crippen molar-refractivity contribution in [2.24, 2.45) is 0 Å². The fourth-order valence-corrected chi connectivity index (χ4v) is 2.25. The van der Waals surface area contributed by atoms with E-state index in [1.807, 2.05) is 20.8 Å². The Bertz CT molecular complexity index is 495. The maximum Gasteiger partial charge on any atom is 0.329 e. The molecule has 0 aliphatic rings. The first-order chi connectivity index (χ1) is 16.8. The van der Waals surface area contributed by atoms with Crippen molar-refractivity contribution < 1.29 is 57.3 Å². The van der Waals surface area contributed by atoms with E-state index in [1.54, 1.807) is 0 Å². The third-order valence-corrected chi connectivity index (χ3v) is 3.70. The topological polar surface area (TPSA) is 137 Å². The van der Waals surface area contributed by atoms with Gasteiger partial charge in [-0.25, -0.2) is 4.79 Å². The molecule has 0 rings (SSSR count). The van der Waals surface area contributed by atoms with E-state index >= 15 is 0 Å². The maximum atomic E-state index is 11.5. The zero-order valence-corrected chi connectivity index (χ0v) is 21.5. The van der Waals surface area contributed by atoms with Gasteiger partial charge >= 0.3 is 11.9 Å². The molecular formula is C23H44O12. The number of ether oxygens (including phenoxy) is 9. The molecule has 1 N–H and O–H groups in total. The van der Waals surface area contributed by atoms with Crippen molar-refractivity contribution in [1.29, 1.82) is 0 Å². The second-order valence-electron chi connectivity index (χ2n) is 8.07.